The largest absolute Gasteiger partial charge is 0.0654 e. The zero-order valence-electron chi connectivity index (χ0n) is 22.0. The molecule has 0 spiro atoms. The Bertz CT molecular complexity index is 1170. The van der Waals surface area contributed by atoms with E-state index in [1.165, 1.54) is 95.5 Å². The van der Waals surface area contributed by atoms with Gasteiger partial charge >= 0.3 is 0 Å². The second-order valence-electron chi connectivity index (χ2n) is 9.93. The van der Waals surface area contributed by atoms with E-state index in [-0.39, 0.29) is 0 Å². The van der Waals surface area contributed by atoms with E-state index >= 15 is 0 Å². The third-order valence-electron chi connectivity index (χ3n) is 6.92. The van der Waals surface area contributed by atoms with Crippen LogP contribution in [0.1, 0.15) is 85.8 Å². The first-order chi connectivity index (χ1) is 17.7. The lowest BCUT2D eigenvalue weighted by Crippen LogP contribution is -1.85. The number of hydrogen-bond acceptors (Lipinski definition) is 0. The third kappa shape index (κ3) is 7.82. The van der Waals surface area contributed by atoms with E-state index in [0.29, 0.717) is 0 Å². The maximum atomic E-state index is 2.27. The molecular formula is C36H40. The molecule has 0 bridgehead atoms. The van der Waals surface area contributed by atoms with Crippen LogP contribution in [-0.2, 0) is 12.8 Å². The maximum absolute atomic E-state index is 2.27. The highest BCUT2D eigenvalue weighted by atomic mass is 14.0. The Morgan fingerprint density at radius 2 is 0.778 bits per heavy atom. The van der Waals surface area contributed by atoms with Gasteiger partial charge in [-0.2, -0.15) is 0 Å². The minimum absolute atomic E-state index is 1.19. The standard InChI is InChI=1S/C36H40/c1-3-5-7-9-29-11-15-31(16-12-29)19-21-33-23-25-36-28-34(24-26-35(36)27-33)22-20-32-17-13-30(14-18-32)10-8-6-4-2/h11-28H,3-10H2,1-2H3/b21-19+,22-20+. The van der Waals surface area contributed by atoms with Crippen molar-refractivity contribution in [2.75, 3.05) is 0 Å². The smallest absolute Gasteiger partial charge is 0.0178 e. The van der Waals surface area contributed by atoms with Gasteiger partial charge in [0.2, 0.25) is 0 Å². The van der Waals surface area contributed by atoms with Crippen molar-refractivity contribution >= 4 is 35.1 Å². The van der Waals surface area contributed by atoms with Gasteiger partial charge in [-0.3, -0.25) is 0 Å². The topological polar surface area (TPSA) is 0 Å². The molecule has 0 unspecified atom stereocenters. The molecule has 0 heterocycles. The molecular weight excluding hydrogens is 432 g/mol. The molecule has 0 atom stereocenters. The summed E-state index contributed by atoms with van der Waals surface area (Å²) >= 11 is 0. The quantitative estimate of drug-likeness (QED) is 0.142. The van der Waals surface area contributed by atoms with Crippen LogP contribution in [0.5, 0.6) is 0 Å². The summed E-state index contributed by atoms with van der Waals surface area (Å²) in [6, 6.07) is 31.4. The van der Waals surface area contributed by atoms with E-state index < -0.39 is 0 Å². The van der Waals surface area contributed by atoms with Gasteiger partial charge in [0.05, 0.1) is 0 Å². The van der Waals surface area contributed by atoms with Crippen LogP contribution in [0.15, 0.2) is 84.9 Å². The van der Waals surface area contributed by atoms with Crippen LogP contribution in [0.3, 0.4) is 0 Å². The second kappa shape index (κ2) is 13.6. The fraction of sp³-hybridized carbons (Fsp3) is 0.278. The predicted octanol–water partition coefficient (Wildman–Crippen LogP) is 10.6. The van der Waals surface area contributed by atoms with Crippen LogP contribution in [0, 0.1) is 0 Å². The molecule has 0 aliphatic heterocycles. The highest BCUT2D eigenvalue weighted by molar-refractivity contribution is 5.88. The molecule has 0 heteroatoms. The Morgan fingerprint density at radius 3 is 1.17 bits per heavy atom. The van der Waals surface area contributed by atoms with E-state index in [1.54, 1.807) is 0 Å². The fourth-order valence-corrected chi connectivity index (χ4v) is 4.62. The lowest BCUT2D eigenvalue weighted by molar-refractivity contribution is 0.717. The summed E-state index contributed by atoms with van der Waals surface area (Å²) in [5.74, 6) is 0. The molecule has 0 aromatic heterocycles. The van der Waals surface area contributed by atoms with Crippen molar-refractivity contribution in [3.63, 3.8) is 0 Å². The Morgan fingerprint density at radius 1 is 0.417 bits per heavy atom. The zero-order valence-corrected chi connectivity index (χ0v) is 22.0. The molecule has 0 amide bonds. The zero-order chi connectivity index (χ0) is 25.0. The van der Waals surface area contributed by atoms with E-state index in [2.05, 4.69) is 123 Å². The number of aryl methyl sites for hydroxylation is 2. The molecule has 0 saturated heterocycles. The lowest BCUT2D eigenvalue weighted by Gasteiger charge is -2.04. The van der Waals surface area contributed by atoms with Gasteiger partial charge in [0.1, 0.15) is 0 Å². The van der Waals surface area contributed by atoms with Gasteiger partial charge in [0, 0.05) is 0 Å². The highest BCUT2D eigenvalue weighted by Gasteiger charge is 1.98. The molecule has 0 fully saturated rings. The van der Waals surface area contributed by atoms with Crippen molar-refractivity contribution in [2.45, 2.75) is 65.2 Å². The molecule has 4 aromatic carbocycles. The molecule has 0 aliphatic carbocycles. The van der Waals surface area contributed by atoms with Gasteiger partial charge < -0.3 is 0 Å². The monoisotopic (exact) mass is 472 g/mol. The predicted molar refractivity (Wildman–Crippen MR) is 161 cm³/mol. The molecule has 4 aromatic rings. The molecule has 0 N–H and O–H groups in total. The van der Waals surface area contributed by atoms with Crippen LogP contribution < -0.4 is 0 Å². The second-order valence-corrected chi connectivity index (χ2v) is 9.93. The minimum atomic E-state index is 1.19. The Kier molecular flexibility index (Phi) is 9.74. The van der Waals surface area contributed by atoms with E-state index in [1.807, 2.05) is 0 Å². The van der Waals surface area contributed by atoms with Crippen LogP contribution in [0.4, 0.5) is 0 Å². The summed E-state index contributed by atoms with van der Waals surface area (Å²) in [5.41, 5.74) is 7.85. The first kappa shape index (κ1) is 25.7. The number of rotatable bonds is 12. The summed E-state index contributed by atoms with van der Waals surface area (Å²) in [6.07, 6.45) is 19.0. The van der Waals surface area contributed by atoms with Crippen LogP contribution in [-0.4, -0.2) is 0 Å². The minimum Gasteiger partial charge on any atom is -0.0654 e. The van der Waals surface area contributed by atoms with Crippen molar-refractivity contribution in [3.05, 3.63) is 118 Å². The van der Waals surface area contributed by atoms with Gasteiger partial charge in [0.25, 0.3) is 0 Å². The molecule has 0 aliphatic rings. The van der Waals surface area contributed by atoms with Crippen molar-refractivity contribution in [1.29, 1.82) is 0 Å². The lowest BCUT2D eigenvalue weighted by atomic mass is 10.0. The molecule has 0 radical (unpaired) electrons. The number of fused-ring (bicyclic) bond motifs is 1. The van der Waals surface area contributed by atoms with Crippen LogP contribution >= 0.6 is 0 Å². The van der Waals surface area contributed by atoms with Gasteiger partial charge in [0.15, 0.2) is 0 Å². The SMILES string of the molecule is CCCCCc1ccc(/C=C/c2ccc3cc(/C=C/c4ccc(CCCCC)cc4)ccc3c2)cc1. The van der Waals surface area contributed by atoms with Crippen molar-refractivity contribution in [2.24, 2.45) is 0 Å². The molecule has 0 saturated carbocycles. The Balaban J connectivity index is 1.37. The third-order valence-corrected chi connectivity index (χ3v) is 6.92. The first-order valence-electron chi connectivity index (χ1n) is 13.8. The summed E-state index contributed by atoms with van der Waals surface area (Å²) in [4.78, 5) is 0. The maximum Gasteiger partial charge on any atom is -0.0178 e. The van der Waals surface area contributed by atoms with Gasteiger partial charge in [-0.15, -0.1) is 0 Å². The van der Waals surface area contributed by atoms with E-state index in [9.17, 15) is 0 Å². The van der Waals surface area contributed by atoms with Crippen LogP contribution in [0.25, 0.3) is 35.1 Å². The summed E-state index contributed by atoms with van der Waals surface area (Å²) in [6.45, 7) is 4.51. The van der Waals surface area contributed by atoms with E-state index in [4.69, 9.17) is 0 Å². The van der Waals surface area contributed by atoms with Crippen LogP contribution in [0.2, 0.25) is 0 Å². The molecule has 184 valence electrons. The normalized spacial score (nSPS) is 11.7. The number of hydrogen-bond donors (Lipinski definition) is 0. The number of unbranched alkanes of at least 4 members (excludes halogenated alkanes) is 4. The summed E-state index contributed by atoms with van der Waals surface area (Å²) in [5, 5.41) is 2.55. The average Bonchev–Trinajstić information content (AvgIpc) is 2.92. The molecule has 0 nitrogen and oxygen atoms in total. The van der Waals surface area contributed by atoms with Crippen molar-refractivity contribution < 1.29 is 0 Å². The molecule has 36 heavy (non-hydrogen) atoms. The summed E-state index contributed by atoms with van der Waals surface area (Å²) in [7, 11) is 0. The summed E-state index contributed by atoms with van der Waals surface area (Å²) < 4.78 is 0. The Labute approximate surface area is 218 Å². The Hall–Kier alpha value is -3.38. The number of benzene rings is 4. The van der Waals surface area contributed by atoms with Crippen molar-refractivity contribution in [3.8, 4) is 0 Å². The first-order valence-corrected chi connectivity index (χ1v) is 13.8. The van der Waals surface area contributed by atoms with Crippen molar-refractivity contribution in [1.82, 2.24) is 0 Å². The molecule has 4 rings (SSSR count). The van der Waals surface area contributed by atoms with Gasteiger partial charge in [-0.25, -0.2) is 0 Å². The van der Waals surface area contributed by atoms with E-state index in [0.717, 1.165) is 0 Å². The fourth-order valence-electron chi connectivity index (χ4n) is 4.62. The van der Waals surface area contributed by atoms with Gasteiger partial charge in [-0.1, -0.05) is 137 Å². The van der Waals surface area contributed by atoms with Gasteiger partial charge in [-0.05, 0) is 82.0 Å². The average molecular weight is 473 g/mol. The highest BCUT2D eigenvalue weighted by Crippen LogP contribution is 2.21.